The van der Waals surface area contributed by atoms with E-state index in [4.69, 9.17) is 9.16 Å². The molecule has 0 spiro atoms. The fourth-order valence-electron chi connectivity index (χ4n) is 5.81. The van der Waals surface area contributed by atoms with E-state index in [2.05, 4.69) is 54.8 Å². The number of benzene rings is 2. The summed E-state index contributed by atoms with van der Waals surface area (Å²) in [5.41, 5.74) is 2.81. The molecule has 0 unspecified atom stereocenters. The van der Waals surface area contributed by atoms with Crippen molar-refractivity contribution in [3.05, 3.63) is 64.9 Å². The van der Waals surface area contributed by atoms with Crippen molar-refractivity contribution in [1.29, 1.82) is 0 Å². The standard InChI is InChI=1S/C30H40BrN3O4Si/c1-30(2,3)20-39(4,5)38-28-12-9-15-34(29(36)37-19-22-10-7-6-8-11-22)27(28)17-24(35)18-33-21-32-25-16-23(31)13-14-26(25)33/h6-8,10-11,13-14,16,21,27-28H,9,12,15,17-20H2,1-5H3/t27-,28+/m1/s1. The summed E-state index contributed by atoms with van der Waals surface area (Å²) in [6.45, 7) is 12.1. The lowest BCUT2D eigenvalue weighted by Gasteiger charge is -2.44. The Labute approximate surface area is 241 Å². The van der Waals surface area contributed by atoms with Gasteiger partial charge in [0.15, 0.2) is 14.1 Å². The number of imidazole rings is 1. The van der Waals surface area contributed by atoms with Gasteiger partial charge in [-0.1, -0.05) is 67.0 Å². The average molecular weight is 615 g/mol. The number of nitrogens with zero attached hydrogens (tertiary/aromatic N) is 3. The van der Waals surface area contributed by atoms with E-state index in [-0.39, 0.29) is 42.9 Å². The summed E-state index contributed by atoms with van der Waals surface area (Å²) in [6, 6.07) is 16.1. The summed E-state index contributed by atoms with van der Waals surface area (Å²) in [6.07, 6.45) is 2.96. The Morgan fingerprint density at radius 3 is 2.59 bits per heavy atom. The largest absolute Gasteiger partial charge is 0.445 e. The lowest BCUT2D eigenvalue weighted by atomic mass is 9.95. The number of ether oxygens (including phenoxy) is 1. The maximum atomic E-state index is 13.5. The van der Waals surface area contributed by atoms with Gasteiger partial charge in [-0.2, -0.15) is 0 Å². The van der Waals surface area contributed by atoms with Crippen molar-refractivity contribution in [2.45, 2.75) is 84.5 Å². The zero-order valence-electron chi connectivity index (χ0n) is 23.7. The third-order valence-electron chi connectivity index (χ3n) is 6.95. The molecule has 0 aliphatic carbocycles. The minimum Gasteiger partial charge on any atom is -0.445 e. The second-order valence-corrected chi connectivity index (χ2v) is 17.4. The molecule has 3 aromatic rings. The highest BCUT2D eigenvalue weighted by molar-refractivity contribution is 9.10. The molecule has 0 radical (unpaired) electrons. The number of likely N-dealkylation sites (tertiary alicyclic amines) is 1. The predicted octanol–water partition coefficient (Wildman–Crippen LogP) is 7.20. The highest BCUT2D eigenvalue weighted by atomic mass is 79.9. The monoisotopic (exact) mass is 613 g/mol. The maximum Gasteiger partial charge on any atom is 0.410 e. The van der Waals surface area contributed by atoms with Crippen LogP contribution < -0.4 is 0 Å². The van der Waals surface area contributed by atoms with E-state index in [1.54, 1.807) is 11.2 Å². The van der Waals surface area contributed by atoms with Gasteiger partial charge in [-0.05, 0) is 61.2 Å². The summed E-state index contributed by atoms with van der Waals surface area (Å²) in [5, 5.41) is 0. The fraction of sp³-hybridized carbons (Fsp3) is 0.500. The lowest BCUT2D eigenvalue weighted by molar-refractivity contribution is -0.122. The van der Waals surface area contributed by atoms with Crippen LogP contribution in [0.15, 0.2) is 59.3 Å². The van der Waals surface area contributed by atoms with Crippen molar-refractivity contribution in [3.8, 4) is 0 Å². The summed E-state index contributed by atoms with van der Waals surface area (Å²) < 4.78 is 15.4. The van der Waals surface area contributed by atoms with E-state index in [9.17, 15) is 9.59 Å². The molecular formula is C30H40BrN3O4Si. The van der Waals surface area contributed by atoms with Crippen LogP contribution in [0.2, 0.25) is 19.1 Å². The van der Waals surface area contributed by atoms with Gasteiger partial charge in [-0.3, -0.25) is 4.79 Å². The number of ketones is 1. The quantitative estimate of drug-likeness (QED) is 0.239. The molecule has 2 aromatic carbocycles. The Hall–Kier alpha value is -2.49. The summed E-state index contributed by atoms with van der Waals surface area (Å²) in [7, 11) is -2.07. The molecule has 1 amide bonds. The first kappa shape index (κ1) is 29.5. The Bertz CT molecular complexity index is 1290. The number of halogens is 1. The zero-order chi connectivity index (χ0) is 28.2. The molecular weight excluding hydrogens is 574 g/mol. The van der Waals surface area contributed by atoms with Gasteiger partial charge in [-0.15, -0.1) is 0 Å². The first-order valence-electron chi connectivity index (χ1n) is 13.7. The number of amides is 1. The van der Waals surface area contributed by atoms with Crippen molar-refractivity contribution in [3.63, 3.8) is 0 Å². The highest BCUT2D eigenvalue weighted by Crippen LogP contribution is 2.33. The molecule has 0 bridgehead atoms. The van der Waals surface area contributed by atoms with Gasteiger partial charge < -0.3 is 18.6 Å². The van der Waals surface area contributed by atoms with Crippen molar-refractivity contribution in [2.24, 2.45) is 5.41 Å². The van der Waals surface area contributed by atoms with E-state index >= 15 is 0 Å². The van der Waals surface area contributed by atoms with Crippen LogP contribution in [0.1, 0.15) is 45.6 Å². The number of carbonyl (C=O) groups excluding carboxylic acids is 2. The minimum absolute atomic E-state index is 0.0360. The van der Waals surface area contributed by atoms with Crippen LogP contribution in [-0.2, 0) is 27.1 Å². The Kier molecular flexibility index (Phi) is 9.34. The van der Waals surface area contributed by atoms with Crippen LogP contribution in [0, 0.1) is 5.41 Å². The second-order valence-electron chi connectivity index (χ2n) is 12.3. The maximum absolute atomic E-state index is 13.5. The minimum atomic E-state index is -2.07. The van der Waals surface area contributed by atoms with Crippen LogP contribution in [0.4, 0.5) is 4.79 Å². The Balaban J connectivity index is 1.52. The smallest absolute Gasteiger partial charge is 0.410 e. The van der Waals surface area contributed by atoms with Gasteiger partial charge in [0.1, 0.15) is 6.61 Å². The number of hydrogen-bond donors (Lipinski definition) is 0. The molecule has 2 heterocycles. The van der Waals surface area contributed by atoms with Crippen molar-refractivity contribution >= 4 is 47.2 Å². The number of fused-ring (bicyclic) bond motifs is 1. The predicted molar refractivity (Wildman–Crippen MR) is 160 cm³/mol. The zero-order valence-corrected chi connectivity index (χ0v) is 26.2. The van der Waals surface area contributed by atoms with Crippen LogP contribution in [0.25, 0.3) is 11.0 Å². The van der Waals surface area contributed by atoms with Crippen molar-refractivity contribution in [1.82, 2.24) is 14.5 Å². The lowest BCUT2D eigenvalue weighted by Crippen LogP contribution is -2.55. The molecule has 1 aliphatic heterocycles. The molecule has 1 aliphatic rings. The molecule has 1 fully saturated rings. The van der Waals surface area contributed by atoms with Crippen LogP contribution in [0.5, 0.6) is 0 Å². The van der Waals surface area contributed by atoms with E-state index in [0.29, 0.717) is 6.54 Å². The number of aromatic nitrogens is 2. The SMILES string of the molecule is CC(C)(C)C[Si](C)(C)O[C@H]1CCCN(C(=O)OCc2ccccc2)[C@@H]1CC(=O)Cn1cnc2cc(Br)ccc21. The summed E-state index contributed by atoms with van der Waals surface area (Å²) in [5.74, 6) is 0.0360. The van der Waals surface area contributed by atoms with Crippen molar-refractivity contribution < 1.29 is 18.8 Å². The van der Waals surface area contributed by atoms with Gasteiger partial charge in [0.25, 0.3) is 0 Å². The topological polar surface area (TPSA) is 73.7 Å². The molecule has 4 rings (SSSR count). The first-order chi connectivity index (χ1) is 18.4. The van der Waals surface area contributed by atoms with Crippen molar-refractivity contribution in [2.75, 3.05) is 6.54 Å². The Morgan fingerprint density at radius 1 is 1.13 bits per heavy atom. The van der Waals surface area contributed by atoms with Crippen LogP contribution >= 0.6 is 15.9 Å². The van der Waals surface area contributed by atoms with Gasteiger partial charge in [0.2, 0.25) is 0 Å². The molecule has 1 saturated heterocycles. The molecule has 210 valence electrons. The molecule has 9 heteroatoms. The first-order valence-corrected chi connectivity index (χ1v) is 17.6. The average Bonchev–Trinajstić information content (AvgIpc) is 3.23. The van der Waals surface area contributed by atoms with Gasteiger partial charge in [0.05, 0.1) is 36.1 Å². The van der Waals surface area contributed by atoms with Gasteiger partial charge in [-0.25, -0.2) is 9.78 Å². The van der Waals surface area contributed by atoms with E-state index < -0.39 is 14.4 Å². The van der Waals surface area contributed by atoms with Crippen LogP contribution in [0.3, 0.4) is 0 Å². The third kappa shape index (κ3) is 8.25. The molecule has 39 heavy (non-hydrogen) atoms. The molecule has 2 atom stereocenters. The number of rotatable bonds is 9. The summed E-state index contributed by atoms with van der Waals surface area (Å²) >= 11 is 3.48. The molecule has 0 saturated carbocycles. The number of piperidine rings is 1. The second kappa shape index (κ2) is 12.4. The third-order valence-corrected chi connectivity index (χ3v) is 10.3. The Morgan fingerprint density at radius 2 is 1.87 bits per heavy atom. The van der Waals surface area contributed by atoms with Gasteiger partial charge in [0, 0.05) is 17.4 Å². The highest BCUT2D eigenvalue weighted by Gasteiger charge is 2.41. The molecule has 1 aromatic heterocycles. The van der Waals surface area contributed by atoms with Crippen LogP contribution in [-0.4, -0.2) is 53.3 Å². The normalized spacial score (nSPS) is 18.4. The fourth-order valence-corrected chi connectivity index (χ4v) is 9.89. The van der Waals surface area contributed by atoms with E-state index in [1.165, 1.54) is 0 Å². The number of carbonyl (C=O) groups is 2. The van der Waals surface area contributed by atoms with E-state index in [0.717, 1.165) is 40.0 Å². The number of Topliss-reactive ketones (excluding diaryl/α,β-unsaturated/α-hetero) is 1. The van der Waals surface area contributed by atoms with Gasteiger partial charge >= 0.3 is 6.09 Å². The van der Waals surface area contributed by atoms with E-state index in [1.807, 2.05) is 53.1 Å². The number of hydrogen-bond acceptors (Lipinski definition) is 5. The molecule has 7 nitrogen and oxygen atoms in total. The summed E-state index contributed by atoms with van der Waals surface area (Å²) in [4.78, 5) is 33.0. The molecule has 0 N–H and O–H groups in total.